The molecule has 0 aliphatic carbocycles. The Labute approximate surface area is 247 Å². The summed E-state index contributed by atoms with van der Waals surface area (Å²) in [5.74, 6) is 0.561. The molecule has 0 saturated carbocycles. The van der Waals surface area contributed by atoms with Crippen molar-refractivity contribution in [2.75, 3.05) is 29.5 Å². The minimum atomic E-state index is -0.515. The van der Waals surface area contributed by atoms with Gasteiger partial charge in [-0.3, -0.25) is 4.79 Å². The highest BCUT2D eigenvalue weighted by Gasteiger charge is 2.27. The maximum absolute atomic E-state index is 13.3. The zero-order valence-electron chi connectivity index (χ0n) is 23.8. The van der Waals surface area contributed by atoms with Crippen molar-refractivity contribution in [1.82, 2.24) is 19.5 Å². The van der Waals surface area contributed by atoms with Crippen molar-refractivity contribution in [3.05, 3.63) is 77.7 Å². The van der Waals surface area contributed by atoms with Gasteiger partial charge in [-0.25, -0.2) is 18.7 Å². The van der Waals surface area contributed by atoms with Crippen LogP contribution in [0.2, 0.25) is 0 Å². The highest BCUT2D eigenvalue weighted by molar-refractivity contribution is 7.98. The molecule has 220 valence electrons. The fourth-order valence-electron chi connectivity index (χ4n) is 4.55. The Hall–Kier alpha value is -4.32. The molecule has 5 rings (SSSR count). The van der Waals surface area contributed by atoms with Gasteiger partial charge < -0.3 is 26.0 Å². The molecule has 1 fully saturated rings. The van der Waals surface area contributed by atoms with Gasteiger partial charge in [0.15, 0.2) is 5.82 Å². The van der Waals surface area contributed by atoms with Gasteiger partial charge in [0.1, 0.15) is 16.9 Å². The zero-order chi connectivity index (χ0) is 29.9. The molecular formula is C30H34FN7O3S. The van der Waals surface area contributed by atoms with Crippen molar-refractivity contribution in [2.45, 2.75) is 56.2 Å². The van der Waals surface area contributed by atoms with Gasteiger partial charge in [0.25, 0.3) is 5.91 Å². The lowest BCUT2D eigenvalue weighted by atomic mass is 10.1. The number of halogens is 1. The van der Waals surface area contributed by atoms with Gasteiger partial charge in [-0.1, -0.05) is 23.9 Å². The number of carbonyl (C=O) groups is 2. The van der Waals surface area contributed by atoms with Crippen molar-refractivity contribution in [3.63, 3.8) is 0 Å². The molecule has 2 aromatic heterocycles. The molecule has 2 aromatic carbocycles. The quantitative estimate of drug-likeness (QED) is 0.182. The Morgan fingerprint density at radius 3 is 2.55 bits per heavy atom. The summed E-state index contributed by atoms with van der Waals surface area (Å²) in [4.78, 5) is 31.6. The first kappa shape index (κ1) is 29.2. The molecule has 1 aliphatic rings. The number of carbonyl (C=O) groups excluding carboxylic acids is 2. The second-order valence-corrected chi connectivity index (χ2v) is 12.1. The molecule has 0 spiro atoms. The number of nitrogens with one attached hydrogen (secondary N) is 2. The molecule has 0 atom stereocenters. The number of nitrogens with two attached hydrogens (primary N) is 1. The van der Waals surface area contributed by atoms with Crippen LogP contribution < -0.4 is 16.4 Å². The van der Waals surface area contributed by atoms with Crippen LogP contribution in [0.15, 0.2) is 66.0 Å². The van der Waals surface area contributed by atoms with Crippen molar-refractivity contribution in [1.29, 1.82) is 0 Å². The summed E-state index contributed by atoms with van der Waals surface area (Å²) in [6.07, 6.45) is 3.18. The van der Waals surface area contributed by atoms with Gasteiger partial charge in [0, 0.05) is 36.6 Å². The molecule has 2 amide bonds. The van der Waals surface area contributed by atoms with E-state index >= 15 is 0 Å². The number of thioether (sulfide) groups is 1. The number of amides is 2. The monoisotopic (exact) mass is 591 g/mol. The van der Waals surface area contributed by atoms with E-state index in [1.165, 1.54) is 30.0 Å². The summed E-state index contributed by atoms with van der Waals surface area (Å²) in [6.45, 7) is 6.84. The largest absolute Gasteiger partial charge is 0.444 e. The first-order chi connectivity index (χ1) is 20.0. The minimum Gasteiger partial charge on any atom is -0.444 e. The number of piperidine rings is 1. The summed E-state index contributed by atoms with van der Waals surface area (Å²) in [5.41, 5.74) is 8.14. The number of hydrogen-bond donors (Lipinski definition) is 3. The molecule has 4 aromatic rings. The van der Waals surface area contributed by atoms with Crippen molar-refractivity contribution in [3.8, 4) is 0 Å². The number of anilines is 3. The van der Waals surface area contributed by atoms with E-state index in [2.05, 4.69) is 15.7 Å². The molecule has 3 heterocycles. The lowest BCUT2D eigenvalue weighted by molar-refractivity contribution is 0.0210. The summed E-state index contributed by atoms with van der Waals surface area (Å²) in [5, 5.41) is 11.5. The molecule has 4 N–H and O–H groups in total. The third-order valence-corrected chi connectivity index (χ3v) is 7.61. The molecular weight excluding hydrogens is 557 g/mol. The van der Waals surface area contributed by atoms with E-state index in [9.17, 15) is 14.0 Å². The number of benzene rings is 2. The normalized spacial score (nSPS) is 14.1. The molecule has 12 heteroatoms. The van der Waals surface area contributed by atoms with Gasteiger partial charge in [-0.15, -0.1) is 5.10 Å². The van der Waals surface area contributed by atoms with E-state index in [1.54, 1.807) is 17.0 Å². The standard InChI is InChI=1S/C30H34FN7O3S/c1-30(2,3)41-29(40)37-15-12-22(13-16-37)33-26-25-5-4-14-38(25)36-28(35-26)42-18-19-6-8-20(9-7-19)27(39)34-24-11-10-21(31)17-23(24)32/h4-11,14,17,22H,12-13,15-16,18,32H2,1-3H3,(H,34,39)(H,33,35,36). The van der Waals surface area contributed by atoms with Crippen LogP contribution in [0.3, 0.4) is 0 Å². The SMILES string of the molecule is CC(C)(C)OC(=O)N1CCC(Nc2nc(SCc3ccc(C(=O)Nc4ccc(F)cc4N)cc3)nn3cccc23)CC1. The van der Waals surface area contributed by atoms with Gasteiger partial charge >= 0.3 is 6.09 Å². The van der Waals surface area contributed by atoms with Gasteiger partial charge in [-0.2, -0.15) is 0 Å². The second-order valence-electron chi connectivity index (χ2n) is 11.1. The lowest BCUT2D eigenvalue weighted by Crippen LogP contribution is -2.44. The summed E-state index contributed by atoms with van der Waals surface area (Å²) >= 11 is 1.49. The molecule has 0 bridgehead atoms. The fourth-order valence-corrected chi connectivity index (χ4v) is 5.34. The van der Waals surface area contributed by atoms with E-state index < -0.39 is 11.4 Å². The molecule has 10 nitrogen and oxygen atoms in total. The summed E-state index contributed by atoms with van der Waals surface area (Å²) < 4.78 is 20.6. The van der Waals surface area contributed by atoms with Crippen LogP contribution >= 0.6 is 11.8 Å². The predicted octanol–water partition coefficient (Wildman–Crippen LogP) is 5.81. The maximum Gasteiger partial charge on any atom is 0.410 e. The van der Waals surface area contributed by atoms with Crippen molar-refractivity contribution >= 4 is 46.5 Å². The topological polar surface area (TPSA) is 127 Å². The fraction of sp³-hybridized carbons (Fsp3) is 0.333. The van der Waals surface area contributed by atoms with Gasteiger partial charge in [-0.05, 0) is 81.6 Å². The first-order valence-corrected chi connectivity index (χ1v) is 14.7. The van der Waals surface area contributed by atoms with E-state index in [0.717, 1.165) is 29.7 Å². The van der Waals surface area contributed by atoms with E-state index in [-0.39, 0.29) is 23.7 Å². The molecule has 1 saturated heterocycles. The Bertz CT molecular complexity index is 1580. The third-order valence-electron chi connectivity index (χ3n) is 6.70. The first-order valence-electron chi connectivity index (χ1n) is 13.7. The highest BCUT2D eigenvalue weighted by atomic mass is 32.2. The molecule has 0 unspecified atom stereocenters. The van der Waals surface area contributed by atoms with E-state index in [1.807, 2.05) is 55.7 Å². The van der Waals surface area contributed by atoms with Crippen LogP contribution in [-0.4, -0.2) is 56.2 Å². The van der Waals surface area contributed by atoms with Crippen molar-refractivity contribution in [2.24, 2.45) is 0 Å². The number of hydrogen-bond acceptors (Lipinski definition) is 8. The maximum atomic E-state index is 13.3. The Morgan fingerprint density at radius 1 is 1.12 bits per heavy atom. The zero-order valence-corrected chi connectivity index (χ0v) is 24.6. The smallest absolute Gasteiger partial charge is 0.410 e. The number of aromatic nitrogens is 3. The van der Waals surface area contributed by atoms with Crippen LogP contribution in [0, 0.1) is 5.82 Å². The Balaban J connectivity index is 1.19. The number of rotatable bonds is 7. The van der Waals surface area contributed by atoms with Crippen molar-refractivity contribution < 1.29 is 18.7 Å². The van der Waals surface area contributed by atoms with Crippen LogP contribution in [0.1, 0.15) is 49.5 Å². The summed E-state index contributed by atoms with van der Waals surface area (Å²) in [7, 11) is 0. The van der Waals surface area contributed by atoms with Crippen LogP contribution in [0.4, 0.5) is 26.4 Å². The average Bonchev–Trinajstić information content (AvgIpc) is 3.42. The van der Waals surface area contributed by atoms with Crippen LogP contribution in [-0.2, 0) is 10.5 Å². The number of fused-ring (bicyclic) bond motifs is 1. The van der Waals surface area contributed by atoms with E-state index in [4.69, 9.17) is 15.5 Å². The van der Waals surface area contributed by atoms with Crippen LogP contribution in [0.5, 0.6) is 0 Å². The second kappa shape index (κ2) is 12.3. The number of likely N-dealkylation sites (tertiary alicyclic amines) is 1. The predicted molar refractivity (Wildman–Crippen MR) is 162 cm³/mol. The number of ether oxygens (including phenoxy) is 1. The number of nitrogens with zero attached hydrogens (tertiary/aromatic N) is 4. The molecule has 1 aliphatic heterocycles. The van der Waals surface area contributed by atoms with E-state index in [0.29, 0.717) is 35.2 Å². The Morgan fingerprint density at radius 2 is 1.86 bits per heavy atom. The van der Waals surface area contributed by atoms with Crippen LogP contribution in [0.25, 0.3) is 5.52 Å². The average molecular weight is 592 g/mol. The highest BCUT2D eigenvalue weighted by Crippen LogP contribution is 2.26. The number of nitrogen functional groups attached to an aromatic ring is 1. The third kappa shape index (κ3) is 7.30. The minimum absolute atomic E-state index is 0.163. The molecule has 0 radical (unpaired) electrons. The summed E-state index contributed by atoms with van der Waals surface area (Å²) in [6, 6.07) is 15.1. The van der Waals surface area contributed by atoms with Gasteiger partial charge in [0.05, 0.1) is 11.4 Å². The lowest BCUT2D eigenvalue weighted by Gasteiger charge is -2.34. The Kier molecular flexibility index (Phi) is 8.53. The van der Waals surface area contributed by atoms with Gasteiger partial charge in [0.2, 0.25) is 5.16 Å². The molecule has 42 heavy (non-hydrogen) atoms.